The molecule has 0 bridgehead atoms. The number of nitrogens with zero attached hydrogens (tertiary/aromatic N) is 6. The van der Waals surface area contributed by atoms with Gasteiger partial charge in [0.25, 0.3) is 11.8 Å². The van der Waals surface area contributed by atoms with Crippen molar-refractivity contribution in [2.45, 2.75) is 13.0 Å². The van der Waals surface area contributed by atoms with Gasteiger partial charge < -0.3 is 19.4 Å². The van der Waals surface area contributed by atoms with Crippen LogP contribution in [0.3, 0.4) is 0 Å². The van der Waals surface area contributed by atoms with Crippen molar-refractivity contribution in [2.24, 2.45) is 0 Å². The van der Waals surface area contributed by atoms with Crippen molar-refractivity contribution >= 4 is 11.7 Å². The molecule has 10 nitrogen and oxygen atoms in total. The second-order valence-corrected chi connectivity index (χ2v) is 7.97. The molecular formula is C23H20F3N7O3. The average molecular weight is 499 g/mol. The molecule has 4 aromatic rings. The Balaban J connectivity index is 1.26. The molecule has 36 heavy (non-hydrogen) atoms. The second kappa shape index (κ2) is 10.2. The summed E-state index contributed by atoms with van der Waals surface area (Å²) in [6.07, 6.45) is -1.24. The molecule has 0 radical (unpaired) electrons. The van der Waals surface area contributed by atoms with Gasteiger partial charge in [0.1, 0.15) is 11.5 Å². The molecule has 1 N–H and O–H groups in total. The van der Waals surface area contributed by atoms with Gasteiger partial charge in [-0.05, 0) is 29.8 Å². The van der Waals surface area contributed by atoms with Crippen molar-refractivity contribution in [3.05, 3.63) is 65.9 Å². The number of nitrogens with one attached hydrogen (secondary N) is 1. The maximum Gasteiger partial charge on any atom is 0.321 e. The third kappa shape index (κ3) is 5.20. The highest BCUT2D eigenvalue weighted by Gasteiger charge is 2.20. The predicted molar refractivity (Wildman–Crippen MR) is 121 cm³/mol. The normalized spacial score (nSPS) is 13.8. The summed E-state index contributed by atoms with van der Waals surface area (Å²) in [5.41, 5.74) is 2.42. The topological polar surface area (TPSA) is 111 Å². The number of rotatable bonds is 6. The summed E-state index contributed by atoms with van der Waals surface area (Å²) in [6.45, 7) is 2.31. The van der Waals surface area contributed by atoms with Gasteiger partial charge in [-0.15, -0.1) is 15.3 Å². The number of ether oxygens (including phenoxy) is 1. The maximum atomic E-state index is 14.6. The first-order valence-electron chi connectivity index (χ1n) is 11.0. The second-order valence-electron chi connectivity index (χ2n) is 7.97. The Bertz CT molecular complexity index is 1370. The van der Waals surface area contributed by atoms with Crippen molar-refractivity contribution in [3.8, 4) is 22.7 Å². The van der Waals surface area contributed by atoms with E-state index in [9.17, 15) is 18.0 Å². The zero-order valence-corrected chi connectivity index (χ0v) is 18.8. The molecule has 1 aliphatic rings. The molecule has 2 aromatic heterocycles. The Kier molecular flexibility index (Phi) is 6.62. The van der Waals surface area contributed by atoms with Crippen molar-refractivity contribution in [1.29, 1.82) is 0 Å². The summed E-state index contributed by atoms with van der Waals surface area (Å²) in [6, 6.07) is 11.2. The monoisotopic (exact) mass is 499 g/mol. The van der Waals surface area contributed by atoms with Crippen LogP contribution in [-0.4, -0.2) is 62.4 Å². The van der Waals surface area contributed by atoms with Crippen molar-refractivity contribution in [3.63, 3.8) is 0 Å². The van der Waals surface area contributed by atoms with Crippen LogP contribution in [0.5, 0.6) is 0 Å². The standard InChI is InChI=1S/C23H20F3N7O3/c24-18-10-14(4-5-17(18)21-29-30-22(36-21)20(25)26)12-33-13-19(28-31-33)15-2-1-3-16(11-15)27-23(34)32-6-8-35-9-7-32/h1-5,10-11,13,20H,6-9,12H2,(H,27,34). The number of morpholine rings is 1. The molecule has 0 aliphatic carbocycles. The van der Waals surface area contributed by atoms with Crippen LogP contribution in [0.25, 0.3) is 22.7 Å². The van der Waals surface area contributed by atoms with Gasteiger partial charge in [0.15, 0.2) is 0 Å². The lowest BCUT2D eigenvalue weighted by molar-refractivity contribution is 0.0564. The Hall–Kier alpha value is -4.26. The quantitative estimate of drug-likeness (QED) is 0.427. The number of hydrogen-bond acceptors (Lipinski definition) is 7. The first kappa shape index (κ1) is 23.5. The minimum absolute atomic E-state index is 0.0756. The predicted octanol–water partition coefficient (Wildman–Crippen LogP) is 3.98. The fourth-order valence-corrected chi connectivity index (χ4v) is 3.68. The Morgan fingerprint density at radius 3 is 2.67 bits per heavy atom. The van der Waals surface area contributed by atoms with E-state index in [-0.39, 0.29) is 24.0 Å². The van der Waals surface area contributed by atoms with Gasteiger partial charge in [-0.1, -0.05) is 23.4 Å². The van der Waals surface area contributed by atoms with Crippen molar-refractivity contribution < 1.29 is 27.1 Å². The largest absolute Gasteiger partial charge is 0.415 e. The maximum absolute atomic E-state index is 14.6. The molecule has 2 amide bonds. The smallest absolute Gasteiger partial charge is 0.321 e. The molecule has 2 aromatic carbocycles. The lowest BCUT2D eigenvalue weighted by atomic mass is 10.1. The molecule has 0 spiro atoms. The number of halogens is 3. The molecular weight excluding hydrogens is 479 g/mol. The van der Waals surface area contributed by atoms with E-state index < -0.39 is 18.1 Å². The number of carbonyl (C=O) groups is 1. The lowest BCUT2D eigenvalue weighted by Crippen LogP contribution is -2.43. The molecule has 5 rings (SSSR count). The summed E-state index contributed by atoms with van der Waals surface area (Å²) in [4.78, 5) is 14.1. The summed E-state index contributed by atoms with van der Waals surface area (Å²) in [5.74, 6) is -1.88. The van der Waals surface area contributed by atoms with Gasteiger partial charge in [0.2, 0.25) is 0 Å². The van der Waals surface area contributed by atoms with E-state index >= 15 is 0 Å². The molecule has 186 valence electrons. The number of hydrogen-bond donors (Lipinski definition) is 1. The zero-order chi connectivity index (χ0) is 25.1. The van der Waals surface area contributed by atoms with Gasteiger partial charge in [-0.25, -0.2) is 13.9 Å². The number of amides is 2. The average Bonchev–Trinajstić information content (AvgIpc) is 3.55. The highest BCUT2D eigenvalue weighted by Crippen LogP contribution is 2.26. The lowest BCUT2D eigenvalue weighted by Gasteiger charge is -2.26. The van der Waals surface area contributed by atoms with Crippen LogP contribution in [0.15, 0.2) is 53.1 Å². The minimum atomic E-state index is -2.93. The van der Waals surface area contributed by atoms with Crippen LogP contribution in [0.1, 0.15) is 17.9 Å². The van der Waals surface area contributed by atoms with E-state index in [4.69, 9.17) is 9.15 Å². The Morgan fingerprint density at radius 2 is 1.92 bits per heavy atom. The van der Waals surface area contributed by atoms with Gasteiger partial charge in [0.05, 0.1) is 31.5 Å². The van der Waals surface area contributed by atoms with Crippen LogP contribution in [0.4, 0.5) is 23.7 Å². The number of alkyl halides is 2. The molecule has 0 unspecified atom stereocenters. The molecule has 3 heterocycles. The number of aromatic nitrogens is 5. The first-order valence-corrected chi connectivity index (χ1v) is 11.0. The van der Waals surface area contributed by atoms with E-state index in [0.29, 0.717) is 43.2 Å². The van der Waals surface area contributed by atoms with Crippen LogP contribution in [-0.2, 0) is 11.3 Å². The summed E-state index contributed by atoms with van der Waals surface area (Å²) >= 11 is 0. The van der Waals surface area contributed by atoms with Crippen LogP contribution in [0, 0.1) is 5.82 Å². The van der Waals surface area contributed by atoms with Crippen LogP contribution >= 0.6 is 0 Å². The number of anilines is 1. The van der Waals surface area contributed by atoms with Gasteiger partial charge >= 0.3 is 12.5 Å². The molecule has 0 atom stereocenters. The number of benzene rings is 2. The highest BCUT2D eigenvalue weighted by molar-refractivity contribution is 5.90. The van der Waals surface area contributed by atoms with Gasteiger partial charge in [-0.2, -0.15) is 8.78 Å². The minimum Gasteiger partial charge on any atom is -0.415 e. The van der Waals surface area contributed by atoms with E-state index in [0.717, 1.165) is 5.56 Å². The molecule has 1 aliphatic heterocycles. The van der Waals surface area contributed by atoms with Gasteiger partial charge in [-0.3, -0.25) is 0 Å². The third-order valence-corrected chi connectivity index (χ3v) is 5.48. The van der Waals surface area contributed by atoms with Crippen molar-refractivity contribution in [1.82, 2.24) is 30.1 Å². The van der Waals surface area contributed by atoms with Crippen LogP contribution < -0.4 is 5.32 Å². The van der Waals surface area contributed by atoms with E-state index in [1.807, 2.05) is 6.07 Å². The third-order valence-electron chi connectivity index (χ3n) is 5.48. The van der Waals surface area contributed by atoms with Gasteiger partial charge in [0, 0.05) is 24.3 Å². The summed E-state index contributed by atoms with van der Waals surface area (Å²) in [7, 11) is 0. The Labute approximate surface area is 202 Å². The zero-order valence-electron chi connectivity index (χ0n) is 18.8. The van der Waals surface area contributed by atoms with E-state index in [2.05, 4.69) is 25.8 Å². The molecule has 1 saturated heterocycles. The SMILES string of the molecule is O=C(Nc1cccc(-c2cn(Cc3ccc(-c4nnc(C(F)F)o4)c(F)c3)nn2)c1)N1CCOCC1. The first-order chi connectivity index (χ1) is 17.5. The molecule has 1 fully saturated rings. The number of carbonyl (C=O) groups excluding carboxylic acids is 1. The number of urea groups is 1. The summed E-state index contributed by atoms with van der Waals surface area (Å²) < 4.78 is 51.5. The molecule has 13 heteroatoms. The molecule has 0 saturated carbocycles. The van der Waals surface area contributed by atoms with Crippen LogP contribution in [0.2, 0.25) is 0 Å². The Morgan fingerprint density at radius 1 is 1.08 bits per heavy atom. The van der Waals surface area contributed by atoms with E-state index in [1.54, 1.807) is 35.4 Å². The van der Waals surface area contributed by atoms with E-state index in [1.165, 1.54) is 16.8 Å². The van der Waals surface area contributed by atoms with Crippen molar-refractivity contribution in [2.75, 3.05) is 31.6 Å². The highest BCUT2D eigenvalue weighted by atomic mass is 19.3. The fourth-order valence-electron chi connectivity index (χ4n) is 3.68. The summed E-state index contributed by atoms with van der Waals surface area (Å²) in [5, 5.41) is 17.8. The fraction of sp³-hybridized carbons (Fsp3) is 0.261.